The molecule has 9 rings (SSSR count). The zero-order valence-corrected chi connectivity index (χ0v) is 27.7. The first-order chi connectivity index (χ1) is 23.8. The Kier molecular flexibility index (Phi) is 7.58. The highest BCUT2D eigenvalue weighted by atomic mass is 15.1. The van der Waals surface area contributed by atoms with Crippen LogP contribution in [0.25, 0.3) is 65.7 Å². The molecule has 2 fully saturated rings. The summed E-state index contributed by atoms with van der Waals surface area (Å²) in [4.78, 5) is 5.20. The van der Waals surface area contributed by atoms with Gasteiger partial charge in [0.1, 0.15) is 0 Å². The molecule has 0 N–H and O–H groups in total. The number of rotatable bonds is 5. The molecular formula is C46H42N2. The Hall–Kier alpha value is -5.08. The van der Waals surface area contributed by atoms with Crippen molar-refractivity contribution in [2.24, 2.45) is 0 Å². The number of hydrogen-bond acceptors (Lipinski definition) is 2. The van der Waals surface area contributed by atoms with Gasteiger partial charge in [-0.05, 0) is 135 Å². The smallest absolute Gasteiger partial charge is 0.0372 e. The molecule has 2 saturated heterocycles. The molecule has 0 unspecified atom stereocenters. The van der Waals surface area contributed by atoms with E-state index in [1.54, 1.807) is 0 Å². The van der Waals surface area contributed by atoms with Gasteiger partial charge in [-0.3, -0.25) is 0 Å². The number of nitrogens with zero attached hydrogens (tertiary/aromatic N) is 2. The SMILES string of the molecule is c1ccc(-c2c3ccc(N4CCCCC4)cc3c(-c3ccc(-c4ccc5ccccc5c4)cc3)c3ccc(N4CCCCC4)cc23)cc1. The minimum Gasteiger partial charge on any atom is -0.372 e. The summed E-state index contributed by atoms with van der Waals surface area (Å²) in [6, 6.07) is 50.5. The second-order valence-electron chi connectivity index (χ2n) is 13.8. The Morgan fingerprint density at radius 3 is 1.38 bits per heavy atom. The normalized spacial score (nSPS) is 15.4. The summed E-state index contributed by atoms with van der Waals surface area (Å²) in [6.45, 7) is 4.56. The van der Waals surface area contributed by atoms with E-state index in [0.717, 1.165) is 26.2 Å². The van der Waals surface area contributed by atoms with Crippen molar-refractivity contribution in [3.63, 3.8) is 0 Å². The van der Waals surface area contributed by atoms with E-state index in [0.29, 0.717) is 0 Å². The van der Waals surface area contributed by atoms with Gasteiger partial charge >= 0.3 is 0 Å². The molecule has 2 heterocycles. The molecule has 0 atom stereocenters. The summed E-state index contributed by atoms with van der Waals surface area (Å²) in [6.07, 6.45) is 7.76. The first-order valence-electron chi connectivity index (χ1n) is 18.0. The molecule has 236 valence electrons. The number of hydrogen-bond donors (Lipinski definition) is 0. The Bertz CT molecular complexity index is 2240. The molecule has 0 saturated carbocycles. The first-order valence-corrected chi connectivity index (χ1v) is 18.0. The molecule has 7 aromatic carbocycles. The minimum absolute atomic E-state index is 1.14. The molecule has 0 amide bonds. The number of fused-ring (bicyclic) bond motifs is 3. The lowest BCUT2D eigenvalue weighted by Crippen LogP contribution is -2.29. The summed E-state index contributed by atoms with van der Waals surface area (Å²) >= 11 is 0. The van der Waals surface area contributed by atoms with Crippen molar-refractivity contribution in [2.75, 3.05) is 36.0 Å². The van der Waals surface area contributed by atoms with Crippen LogP contribution in [0.3, 0.4) is 0 Å². The zero-order valence-electron chi connectivity index (χ0n) is 27.7. The van der Waals surface area contributed by atoms with Gasteiger partial charge in [-0.15, -0.1) is 0 Å². The molecule has 0 aromatic heterocycles. The molecule has 0 aliphatic carbocycles. The van der Waals surface area contributed by atoms with Gasteiger partial charge in [0, 0.05) is 37.6 Å². The van der Waals surface area contributed by atoms with E-state index in [9.17, 15) is 0 Å². The van der Waals surface area contributed by atoms with Crippen molar-refractivity contribution in [3.05, 3.63) is 133 Å². The van der Waals surface area contributed by atoms with E-state index in [1.165, 1.54) is 116 Å². The van der Waals surface area contributed by atoms with Crippen LogP contribution in [0, 0.1) is 0 Å². The highest BCUT2D eigenvalue weighted by Gasteiger charge is 2.21. The van der Waals surface area contributed by atoms with Crippen molar-refractivity contribution in [2.45, 2.75) is 38.5 Å². The molecule has 0 radical (unpaired) electrons. The third kappa shape index (κ3) is 5.30. The fourth-order valence-electron chi connectivity index (χ4n) is 8.33. The molecule has 2 nitrogen and oxygen atoms in total. The van der Waals surface area contributed by atoms with Gasteiger partial charge in [0.05, 0.1) is 0 Å². The van der Waals surface area contributed by atoms with Gasteiger partial charge in [0.15, 0.2) is 0 Å². The summed E-state index contributed by atoms with van der Waals surface area (Å²) in [5, 5.41) is 7.91. The van der Waals surface area contributed by atoms with Gasteiger partial charge in [-0.1, -0.05) is 103 Å². The summed E-state index contributed by atoms with van der Waals surface area (Å²) in [7, 11) is 0. The fourth-order valence-corrected chi connectivity index (χ4v) is 8.33. The maximum atomic E-state index is 2.60. The summed E-state index contributed by atoms with van der Waals surface area (Å²) < 4.78 is 0. The van der Waals surface area contributed by atoms with Gasteiger partial charge in [0.2, 0.25) is 0 Å². The van der Waals surface area contributed by atoms with Gasteiger partial charge in [-0.25, -0.2) is 0 Å². The topological polar surface area (TPSA) is 6.48 Å². The maximum absolute atomic E-state index is 2.60. The van der Waals surface area contributed by atoms with Crippen molar-refractivity contribution in [1.82, 2.24) is 0 Å². The Labute approximate surface area is 284 Å². The third-order valence-electron chi connectivity index (χ3n) is 10.8. The van der Waals surface area contributed by atoms with Crippen LogP contribution >= 0.6 is 0 Å². The lowest BCUT2D eigenvalue weighted by Gasteiger charge is -2.30. The number of piperidine rings is 2. The van der Waals surface area contributed by atoms with Crippen molar-refractivity contribution in [3.8, 4) is 33.4 Å². The number of benzene rings is 7. The molecule has 0 bridgehead atoms. The van der Waals surface area contributed by atoms with Crippen LogP contribution in [-0.4, -0.2) is 26.2 Å². The Morgan fingerprint density at radius 2 is 0.792 bits per heavy atom. The van der Waals surface area contributed by atoms with Crippen LogP contribution in [0.4, 0.5) is 11.4 Å². The number of anilines is 2. The zero-order chi connectivity index (χ0) is 31.9. The van der Waals surface area contributed by atoms with E-state index in [1.807, 2.05) is 0 Å². The standard InChI is InChI=1S/C46H42N2/c1-4-13-35(14-5-1)45-41-24-22-40(48-28-10-3-11-29-48)32-44(41)46(42-25-23-39(31-43(42)45)47-26-8-2-9-27-47)36-19-16-34(17-20-36)38-21-18-33-12-6-7-15-37(33)30-38/h1,4-7,12-25,30-32H,2-3,8-11,26-29H2. The largest absolute Gasteiger partial charge is 0.372 e. The van der Waals surface area contributed by atoms with Gasteiger partial charge < -0.3 is 9.80 Å². The Morgan fingerprint density at radius 1 is 0.312 bits per heavy atom. The van der Waals surface area contributed by atoms with Crippen LogP contribution in [0.2, 0.25) is 0 Å². The maximum Gasteiger partial charge on any atom is 0.0372 e. The monoisotopic (exact) mass is 622 g/mol. The average Bonchev–Trinajstić information content (AvgIpc) is 3.17. The minimum atomic E-state index is 1.14. The Balaban J connectivity index is 1.27. The first kappa shape index (κ1) is 29.1. The lowest BCUT2D eigenvalue weighted by atomic mass is 9.85. The molecule has 2 aliphatic heterocycles. The fraction of sp³-hybridized carbons (Fsp3) is 0.217. The lowest BCUT2D eigenvalue weighted by molar-refractivity contribution is 0.578. The van der Waals surface area contributed by atoms with Crippen molar-refractivity contribution in [1.29, 1.82) is 0 Å². The predicted octanol–water partition coefficient (Wildman–Crippen LogP) is 12.1. The molecule has 48 heavy (non-hydrogen) atoms. The molecule has 2 heteroatoms. The van der Waals surface area contributed by atoms with Gasteiger partial charge in [0.25, 0.3) is 0 Å². The molecule has 0 spiro atoms. The molecule has 7 aromatic rings. The summed E-state index contributed by atoms with van der Waals surface area (Å²) in [5.41, 5.74) is 10.5. The van der Waals surface area contributed by atoms with Crippen LogP contribution in [0.1, 0.15) is 38.5 Å². The highest BCUT2D eigenvalue weighted by Crippen LogP contribution is 2.46. The van der Waals surface area contributed by atoms with Gasteiger partial charge in [-0.2, -0.15) is 0 Å². The quantitative estimate of drug-likeness (QED) is 0.176. The average molecular weight is 623 g/mol. The predicted molar refractivity (Wildman–Crippen MR) is 207 cm³/mol. The second kappa shape index (κ2) is 12.5. The van der Waals surface area contributed by atoms with E-state index in [2.05, 4.69) is 143 Å². The van der Waals surface area contributed by atoms with Crippen LogP contribution in [-0.2, 0) is 0 Å². The van der Waals surface area contributed by atoms with Crippen molar-refractivity contribution < 1.29 is 0 Å². The van der Waals surface area contributed by atoms with Crippen LogP contribution < -0.4 is 9.80 Å². The molecular weight excluding hydrogens is 581 g/mol. The van der Waals surface area contributed by atoms with E-state index >= 15 is 0 Å². The summed E-state index contributed by atoms with van der Waals surface area (Å²) in [5.74, 6) is 0. The van der Waals surface area contributed by atoms with Crippen LogP contribution in [0.15, 0.2) is 133 Å². The highest BCUT2D eigenvalue weighted by molar-refractivity contribution is 6.22. The van der Waals surface area contributed by atoms with E-state index in [4.69, 9.17) is 0 Å². The van der Waals surface area contributed by atoms with E-state index in [-0.39, 0.29) is 0 Å². The molecule has 2 aliphatic rings. The third-order valence-corrected chi connectivity index (χ3v) is 10.8. The van der Waals surface area contributed by atoms with Crippen molar-refractivity contribution >= 4 is 43.7 Å². The van der Waals surface area contributed by atoms with E-state index < -0.39 is 0 Å². The second-order valence-corrected chi connectivity index (χ2v) is 13.8. The van der Waals surface area contributed by atoms with Crippen LogP contribution in [0.5, 0.6) is 0 Å².